The number of amides is 1. The molecule has 0 atom stereocenters. The van der Waals surface area contributed by atoms with E-state index in [9.17, 15) is 9.59 Å². The first kappa shape index (κ1) is 15.2. The third-order valence-electron chi connectivity index (χ3n) is 2.66. The van der Waals surface area contributed by atoms with Gasteiger partial charge in [-0.25, -0.2) is 9.78 Å². The SMILES string of the molecule is NCCn1cnc(C(=O)Nc2cc(Br)cc(C(=O)O)c2)c1. The second kappa shape index (κ2) is 6.51. The first-order chi connectivity index (χ1) is 9.99. The summed E-state index contributed by atoms with van der Waals surface area (Å²) in [6, 6.07) is 4.44. The summed E-state index contributed by atoms with van der Waals surface area (Å²) < 4.78 is 2.27. The van der Waals surface area contributed by atoms with Crippen LogP contribution >= 0.6 is 15.9 Å². The number of hydrogen-bond acceptors (Lipinski definition) is 4. The van der Waals surface area contributed by atoms with Crippen molar-refractivity contribution in [3.8, 4) is 0 Å². The van der Waals surface area contributed by atoms with E-state index in [4.69, 9.17) is 10.8 Å². The molecule has 0 bridgehead atoms. The average Bonchev–Trinajstić information content (AvgIpc) is 2.87. The Balaban J connectivity index is 2.16. The number of carboxylic acids is 1. The van der Waals surface area contributed by atoms with E-state index in [0.717, 1.165) is 0 Å². The molecular formula is C13H13BrN4O3. The molecule has 21 heavy (non-hydrogen) atoms. The number of aromatic nitrogens is 2. The summed E-state index contributed by atoms with van der Waals surface area (Å²) in [5.74, 6) is -1.49. The number of benzene rings is 1. The molecule has 8 heteroatoms. The number of anilines is 1. The van der Waals surface area contributed by atoms with Gasteiger partial charge in [0.2, 0.25) is 0 Å². The molecule has 110 valence electrons. The van der Waals surface area contributed by atoms with Crippen LogP contribution in [0.4, 0.5) is 5.69 Å². The van der Waals surface area contributed by atoms with Crippen LogP contribution < -0.4 is 11.1 Å². The highest BCUT2D eigenvalue weighted by Crippen LogP contribution is 2.20. The van der Waals surface area contributed by atoms with E-state index in [0.29, 0.717) is 23.2 Å². The number of carbonyl (C=O) groups is 2. The number of carboxylic acid groups (broad SMARTS) is 1. The second-order valence-corrected chi connectivity index (χ2v) is 5.19. The van der Waals surface area contributed by atoms with Crippen LogP contribution in [0.2, 0.25) is 0 Å². The molecule has 1 aromatic carbocycles. The molecule has 1 heterocycles. The molecule has 4 N–H and O–H groups in total. The lowest BCUT2D eigenvalue weighted by molar-refractivity contribution is 0.0696. The number of hydrogen-bond donors (Lipinski definition) is 3. The van der Waals surface area contributed by atoms with Crippen LogP contribution in [-0.4, -0.2) is 33.1 Å². The van der Waals surface area contributed by atoms with Crippen molar-refractivity contribution in [3.05, 3.63) is 46.5 Å². The second-order valence-electron chi connectivity index (χ2n) is 4.27. The van der Waals surface area contributed by atoms with Gasteiger partial charge >= 0.3 is 5.97 Å². The van der Waals surface area contributed by atoms with Crippen LogP contribution in [0.1, 0.15) is 20.8 Å². The highest BCUT2D eigenvalue weighted by Gasteiger charge is 2.12. The van der Waals surface area contributed by atoms with Gasteiger partial charge < -0.3 is 20.7 Å². The van der Waals surface area contributed by atoms with Gasteiger partial charge in [0.1, 0.15) is 5.69 Å². The van der Waals surface area contributed by atoms with Gasteiger partial charge in [0.15, 0.2) is 0 Å². The molecule has 0 unspecified atom stereocenters. The van der Waals surface area contributed by atoms with Gasteiger partial charge in [-0.1, -0.05) is 15.9 Å². The van der Waals surface area contributed by atoms with E-state index < -0.39 is 11.9 Å². The minimum atomic E-state index is -1.07. The lowest BCUT2D eigenvalue weighted by Crippen LogP contribution is -2.13. The van der Waals surface area contributed by atoms with Crippen molar-refractivity contribution in [2.75, 3.05) is 11.9 Å². The number of nitrogens with two attached hydrogens (primary N) is 1. The van der Waals surface area contributed by atoms with Crippen molar-refractivity contribution in [3.63, 3.8) is 0 Å². The van der Waals surface area contributed by atoms with Crippen molar-refractivity contribution in [1.82, 2.24) is 9.55 Å². The van der Waals surface area contributed by atoms with E-state index in [1.54, 1.807) is 16.8 Å². The largest absolute Gasteiger partial charge is 0.478 e. The number of rotatable bonds is 5. The molecule has 0 aliphatic rings. The van der Waals surface area contributed by atoms with Gasteiger partial charge in [-0.05, 0) is 18.2 Å². The minimum Gasteiger partial charge on any atom is -0.478 e. The topological polar surface area (TPSA) is 110 Å². The van der Waals surface area contributed by atoms with Gasteiger partial charge in [0.05, 0.1) is 11.9 Å². The number of halogens is 1. The average molecular weight is 353 g/mol. The molecule has 0 saturated heterocycles. The Bertz CT molecular complexity index is 684. The van der Waals surface area contributed by atoms with E-state index in [1.165, 1.54) is 18.5 Å². The Kier molecular flexibility index (Phi) is 4.71. The van der Waals surface area contributed by atoms with Gasteiger partial charge in [-0.15, -0.1) is 0 Å². The molecule has 0 aliphatic carbocycles. The van der Waals surface area contributed by atoms with Crippen molar-refractivity contribution in [2.24, 2.45) is 5.73 Å². The molecule has 1 amide bonds. The maximum absolute atomic E-state index is 12.0. The van der Waals surface area contributed by atoms with Crippen LogP contribution in [0.25, 0.3) is 0 Å². The number of aromatic carboxylic acids is 1. The molecule has 2 rings (SSSR count). The summed E-state index contributed by atoms with van der Waals surface area (Å²) in [4.78, 5) is 27.0. The van der Waals surface area contributed by atoms with E-state index in [2.05, 4.69) is 26.2 Å². The lowest BCUT2D eigenvalue weighted by Gasteiger charge is -2.05. The van der Waals surface area contributed by atoms with Crippen LogP contribution in [-0.2, 0) is 6.54 Å². The van der Waals surface area contributed by atoms with Gasteiger partial charge in [0, 0.05) is 29.4 Å². The fourth-order valence-corrected chi connectivity index (χ4v) is 2.22. The van der Waals surface area contributed by atoms with E-state index >= 15 is 0 Å². The number of imidazole rings is 1. The smallest absolute Gasteiger partial charge is 0.335 e. The van der Waals surface area contributed by atoms with Crippen LogP contribution in [0.5, 0.6) is 0 Å². The number of nitrogens with one attached hydrogen (secondary N) is 1. The quantitative estimate of drug-likeness (QED) is 0.756. The molecule has 1 aromatic heterocycles. The Morgan fingerprint density at radius 1 is 1.38 bits per heavy atom. The number of nitrogens with zero attached hydrogens (tertiary/aromatic N) is 2. The monoisotopic (exact) mass is 352 g/mol. The number of carbonyl (C=O) groups excluding carboxylic acids is 1. The fourth-order valence-electron chi connectivity index (χ4n) is 1.73. The van der Waals surface area contributed by atoms with E-state index in [-0.39, 0.29) is 11.3 Å². The summed E-state index contributed by atoms with van der Waals surface area (Å²) in [5, 5.41) is 11.6. The molecule has 0 spiro atoms. The summed E-state index contributed by atoms with van der Waals surface area (Å²) in [5.41, 5.74) is 6.11. The predicted molar refractivity (Wildman–Crippen MR) is 80.3 cm³/mol. The van der Waals surface area contributed by atoms with Crippen molar-refractivity contribution in [2.45, 2.75) is 6.54 Å². The minimum absolute atomic E-state index is 0.0772. The normalized spacial score (nSPS) is 10.4. The van der Waals surface area contributed by atoms with Gasteiger partial charge in [-0.2, -0.15) is 0 Å². The summed E-state index contributed by atoms with van der Waals surface area (Å²) in [6.07, 6.45) is 3.10. The van der Waals surface area contributed by atoms with Crippen LogP contribution in [0, 0.1) is 0 Å². The summed E-state index contributed by atoms with van der Waals surface area (Å²) in [6.45, 7) is 1.02. The molecule has 0 radical (unpaired) electrons. The van der Waals surface area contributed by atoms with Crippen molar-refractivity contribution >= 4 is 33.5 Å². The highest BCUT2D eigenvalue weighted by atomic mass is 79.9. The van der Waals surface area contributed by atoms with Gasteiger partial charge in [0.25, 0.3) is 5.91 Å². The van der Waals surface area contributed by atoms with Crippen LogP contribution in [0.15, 0.2) is 35.2 Å². The molecule has 0 saturated carbocycles. The highest BCUT2D eigenvalue weighted by molar-refractivity contribution is 9.10. The lowest BCUT2D eigenvalue weighted by atomic mass is 10.2. The van der Waals surface area contributed by atoms with E-state index in [1.807, 2.05) is 0 Å². The maximum Gasteiger partial charge on any atom is 0.335 e. The summed E-state index contributed by atoms with van der Waals surface area (Å²) >= 11 is 3.20. The molecule has 0 aliphatic heterocycles. The first-order valence-electron chi connectivity index (χ1n) is 6.06. The Morgan fingerprint density at radius 3 is 2.81 bits per heavy atom. The molecular weight excluding hydrogens is 340 g/mol. The first-order valence-corrected chi connectivity index (χ1v) is 6.86. The Hall–Kier alpha value is -2.19. The standard InChI is InChI=1S/C13H13BrN4O3/c14-9-3-8(13(20)21)4-10(5-9)17-12(19)11-6-18(2-1-15)7-16-11/h3-7H,1-2,15H2,(H,17,19)(H,20,21). The fraction of sp³-hybridized carbons (Fsp3) is 0.154. The van der Waals surface area contributed by atoms with Crippen molar-refractivity contribution < 1.29 is 14.7 Å². The molecule has 7 nitrogen and oxygen atoms in total. The van der Waals surface area contributed by atoms with Crippen molar-refractivity contribution in [1.29, 1.82) is 0 Å². The Morgan fingerprint density at radius 2 is 2.14 bits per heavy atom. The molecule has 0 fully saturated rings. The summed E-state index contributed by atoms with van der Waals surface area (Å²) in [7, 11) is 0. The zero-order valence-electron chi connectivity index (χ0n) is 10.9. The zero-order valence-corrected chi connectivity index (χ0v) is 12.5. The third-order valence-corrected chi connectivity index (χ3v) is 3.11. The molecule has 2 aromatic rings. The predicted octanol–water partition coefficient (Wildman–Crippen LogP) is 1.55. The maximum atomic E-state index is 12.0. The Labute approximate surface area is 128 Å². The third kappa shape index (κ3) is 3.89. The van der Waals surface area contributed by atoms with Gasteiger partial charge in [-0.3, -0.25) is 4.79 Å². The zero-order chi connectivity index (χ0) is 15.4. The van der Waals surface area contributed by atoms with Crippen LogP contribution in [0.3, 0.4) is 0 Å².